The van der Waals surface area contributed by atoms with Gasteiger partial charge in [-0.2, -0.15) is 0 Å². The van der Waals surface area contributed by atoms with E-state index in [1.807, 2.05) is 20.8 Å². The topological polar surface area (TPSA) is 89.3 Å². The Hall–Kier alpha value is -1.47. The first kappa shape index (κ1) is 17.6. The number of hydrogen-bond acceptors (Lipinski definition) is 3. The Morgan fingerprint density at radius 1 is 1.33 bits per heavy atom. The SMILES string of the molecule is CCC(C)(CC)NC(=O)c1cc(F)c(C)c(S(N)(=O)=O)c1. The fourth-order valence-corrected chi connectivity index (χ4v) is 2.67. The van der Waals surface area contributed by atoms with Crippen LogP contribution in [0.5, 0.6) is 0 Å². The third kappa shape index (κ3) is 4.01. The molecule has 0 fully saturated rings. The van der Waals surface area contributed by atoms with E-state index in [4.69, 9.17) is 5.14 Å². The summed E-state index contributed by atoms with van der Waals surface area (Å²) in [6.45, 7) is 7.03. The van der Waals surface area contributed by atoms with Crippen LogP contribution in [-0.2, 0) is 10.0 Å². The molecule has 0 aliphatic heterocycles. The summed E-state index contributed by atoms with van der Waals surface area (Å²) >= 11 is 0. The highest BCUT2D eigenvalue weighted by Gasteiger charge is 2.25. The third-order valence-corrected chi connectivity index (χ3v) is 4.88. The fourth-order valence-electron chi connectivity index (χ4n) is 1.85. The number of benzene rings is 1. The highest BCUT2D eigenvalue weighted by Crippen LogP contribution is 2.21. The van der Waals surface area contributed by atoms with Gasteiger partial charge in [0.25, 0.3) is 5.91 Å². The average molecular weight is 316 g/mol. The molecule has 1 aromatic carbocycles. The van der Waals surface area contributed by atoms with Crippen LogP contribution in [0.4, 0.5) is 4.39 Å². The van der Waals surface area contributed by atoms with Crippen molar-refractivity contribution in [2.45, 2.75) is 51.0 Å². The second kappa shape index (κ2) is 6.11. The van der Waals surface area contributed by atoms with Crippen LogP contribution < -0.4 is 10.5 Å². The van der Waals surface area contributed by atoms with Gasteiger partial charge in [0.2, 0.25) is 10.0 Å². The first-order valence-corrected chi connectivity index (χ1v) is 8.24. The molecule has 0 saturated carbocycles. The molecule has 1 amide bonds. The van der Waals surface area contributed by atoms with Crippen molar-refractivity contribution in [2.24, 2.45) is 5.14 Å². The predicted molar refractivity (Wildman–Crippen MR) is 79.0 cm³/mol. The number of halogens is 1. The van der Waals surface area contributed by atoms with Crippen LogP contribution in [0.2, 0.25) is 0 Å². The average Bonchev–Trinajstić information content (AvgIpc) is 2.40. The second-order valence-electron chi connectivity index (χ2n) is 5.35. The molecule has 0 unspecified atom stereocenters. The van der Waals surface area contributed by atoms with Crippen molar-refractivity contribution in [1.82, 2.24) is 5.32 Å². The molecule has 118 valence electrons. The van der Waals surface area contributed by atoms with E-state index in [9.17, 15) is 17.6 Å². The van der Waals surface area contributed by atoms with Crippen molar-refractivity contribution in [2.75, 3.05) is 0 Å². The minimum absolute atomic E-state index is 0.0600. The smallest absolute Gasteiger partial charge is 0.251 e. The Kier molecular flexibility index (Phi) is 5.11. The maximum absolute atomic E-state index is 13.8. The number of hydrogen-bond donors (Lipinski definition) is 2. The Labute approximate surface area is 124 Å². The predicted octanol–water partition coefficient (Wildman–Crippen LogP) is 2.09. The van der Waals surface area contributed by atoms with Gasteiger partial charge in [-0.3, -0.25) is 4.79 Å². The molecule has 0 aliphatic rings. The number of primary sulfonamides is 1. The van der Waals surface area contributed by atoms with E-state index in [0.717, 1.165) is 12.1 Å². The van der Waals surface area contributed by atoms with Gasteiger partial charge in [0.15, 0.2) is 0 Å². The van der Waals surface area contributed by atoms with Gasteiger partial charge in [-0.25, -0.2) is 17.9 Å². The number of sulfonamides is 1. The Balaban J connectivity index is 3.27. The van der Waals surface area contributed by atoms with Crippen LogP contribution in [0, 0.1) is 12.7 Å². The summed E-state index contributed by atoms with van der Waals surface area (Å²) in [5.41, 5.74) is -0.585. The highest BCUT2D eigenvalue weighted by molar-refractivity contribution is 7.89. The number of rotatable bonds is 5. The summed E-state index contributed by atoms with van der Waals surface area (Å²) in [6.07, 6.45) is 1.40. The lowest BCUT2D eigenvalue weighted by atomic mass is 9.95. The van der Waals surface area contributed by atoms with E-state index >= 15 is 0 Å². The van der Waals surface area contributed by atoms with Crippen LogP contribution in [0.25, 0.3) is 0 Å². The number of nitrogens with one attached hydrogen (secondary N) is 1. The largest absolute Gasteiger partial charge is 0.347 e. The van der Waals surface area contributed by atoms with Crippen molar-refractivity contribution in [3.63, 3.8) is 0 Å². The molecule has 3 N–H and O–H groups in total. The van der Waals surface area contributed by atoms with Gasteiger partial charge < -0.3 is 5.32 Å². The molecule has 0 spiro atoms. The molecule has 0 aliphatic carbocycles. The van der Waals surface area contributed by atoms with E-state index < -0.39 is 27.3 Å². The molecule has 1 rings (SSSR count). The summed E-state index contributed by atoms with van der Waals surface area (Å²) in [5.74, 6) is -1.30. The standard InChI is InChI=1S/C14H21FN2O3S/c1-5-14(4,6-2)17-13(18)10-7-11(15)9(3)12(8-10)21(16,19)20/h7-8H,5-6H2,1-4H3,(H,17,18)(H2,16,19,20). The van der Waals surface area contributed by atoms with Gasteiger partial charge in [0.05, 0.1) is 4.90 Å². The molecule has 0 atom stereocenters. The molecular formula is C14H21FN2O3S. The monoisotopic (exact) mass is 316 g/mol. The summed E-state index contributed by atoms with van der Waals surface area (Å²) in [7, 11) is -4.09. The zero-order valence-electron chi connectivity index (χ0n) is 12.7. The lowest BCUT2D eigenvalue weighted by molar-refractivity contribution is 0.0900. The maximum Gasteiger partial charge on any atom is 0.251 e. The van der Waals surface area contributed by atoms with E-state index in [1.165, 1.54) is 6.92 Å². The number of amides is 1. The summed E-state index contributed by atoms with van der Waals surface area (Å²) in [6, 6.07) is 2.12. The van der Waals surface area contributed by atoms with Crippen molar-refractivity contribution in [1.29, 1.82) is 0 Å². The number of nitrogens with two attached hydrogens (primary N) is 1. The van der Waals surface area contributed by atoms with Crippen LogP contribution >= 0.6 is 0 Å². The Bertz CT molecular complexity index is 652. The quantitative estimate of drug-likeness (QED) is 0.871. The minimum atomic E-state index is -4.09. The maximum atomic E-state index is 13.8. The fraction of sp³-hybridized carbons (Fsp3) is 0.500. The number of carbonyl (C=O) groups excluding carboxylic acids is 1. The molecule has 7 heteroatoms. The molecule has 0 bridgehead atoms. The van der Waals surface area contributed by atoms with Crippen LogP contribution in [-0.4, -0.2) is 19.9 Å². The third-order valence-electron chi connectivity index (χ3n) is 3.84. The second-order valence-corrected chi connectivity index (χ2v) is 6.88. The molecular weight excluding hydrogens is 295 g/mol. The van der Waals surface area contributed by atoms with Gasteiger partial charge in [0.1, 0.15) is 5.82 Å². The van der Waals surface area contributed by atoms with Gasteiger partial charge in [-0.05, 0) is 38.8 Å². The first-order valence-electron chi connectivity index (χ1n) is 6.69. The van der Waals surface area contributed by atoms with Crippen molar-refractivity contribution < 1.29 is 17.6 Å². The lowest BCUT2D eigenvalue weighted by Gasteiger charge is -2.28. The summed E-state index contributed by atoms with van der Waals surface area (Å²) < 4.78 is 36.7. The van der Waals surface area contributed by atoms with Gasteiger partial charge >= 0.3 is 0 Å². The summed E-state index contributed by atoms with van der Waals surface area (Å²) in [5, 5.41) is 7.84. The Morgan fingerprint density at radius 3 is 2.29 bits per heavy atom. The zero-order chi connectivity index (χ0) is 16.4. The van der Waals surface area contributed by atoms with Crippen molar-refractivity contribution in [3.8, 4) is 0 Å². The molecule has 5 nitrogen and oxygen atoms in total. The highest BCUT2D eigenvalue weighted by atomic mass is 32.2. The van der Waals surface area contributed by atoms with Gasteiger partial charge in [0, 0.05) is 16.7 Å². The molecule has 0 heterocycles. The van der Waals surface area contributed by atoms with E-state index in [-0.39, 0.29) is 16.0 Å². The lowest BCUT2D eigenvalue weighted by Crippen LogP contribution is -2.45. The molecule has 0 aromatic heterocycles. The molecule has 21 heavy (non-hydrogen) atoms. The van der Waals surface area contributed by atoms with Gasteiger partial charge in [-0.15, -0.1) is 0 Å². The van der Waals surface area contributed by atoms with Crippen LogP contribution in [0.1, 0.15) is 49.5 Å². The minimum Gasteiger partial charge on any atom is -0.347 e. The van der Waals surface area contributed by atoms with Crippen LogP contribution in [0.3, 0.4) is 0 Å². The van der Waals surface area contributed by atoms with E-state index in [0.29, 0.717) is 12.8 Å². The van der Waals surface area contributed by atoms with Gasteiger partial charge in [-0.1, -0.05) is 13.8 Å². The number of carbonyl (C=O) groups is 1. The first-order chi connectivity index (χ1) is 9.54. The van der Waals surface area contributed by atoms with E-state index in [1.54, 1.807) is 0 Å². The molecule has 0 saturated heterocycles. The van der Waals surface area contributed by atoms with Crippen molar-refractivity contribution in [3.05, 3.63) is 29.1 Å². The van der Waals surface area contributed by atoms with E-state index in [2.05, 4.69) is 5.32 Å². The molecule has 0 radical (unpaired) electrons. The molecule has 1 aromatic rings. The van der Waals surface area contributed by atoms with Crippen LogP contribution in [0.15, 0.2) is 17.0 Å². The normalized spacial score (nSPS) is 12.3. The summed E-state index contributed by atoms with van der Waals surface area (Å²) in [4.78, 5) is 11.8. The Morgan fingerprint density at radius 2 is 1.86 bits per heavy atom. The van der Waals surface area contributed by atoms with Crippen molar-refractivity contribution >= 4 is 15.9 Å². The zero-order valence-corrected chi connectivity index (χ0v) is 13.5.